The molecule has 0 amide bonds. The van der Waals surface area contributed by atoms with E-state index in [1.807, 2.05) is 43.3 Å². The Labute approximate surface area is 255 Å². The van der Waals surface area contributed by atoms with E-state index >= 15 is 0 Å². The summed E-state index contributed by atoms with van der Waals surface area (Å²) in [6.07, 6.45) is 5.22. The molecule has 0 saturated heterocycles. The van der Waals surface area contributed by atoms with Gasteiger partial charge in [-0.05, 0) is 67.1 Å². The van der Waals surface area contributed by atoms with Crippen molar-refractivity contribution in [1.82, 2.24) is 4.98 Å². The number of ether oxygens (including phenoxy) is 2. The van der Waals surface area contributed by atoms with Crippen molar-refractivity contribution in [2.75, 3.05) is 18.9 Å². The molecule has 4 aromatic rings. The minimum absolute atomic E-state index is 0.0224. The van der Waals surface area contributed by atoms with Crippen molar-refractivity contribution in [3.8, 4) is 5.75 Å². The number of hydrogen-bond donors (Lipinski definition) is 3. The summed E-state index contributed by atoms with van der Waals surface area (Å²) in [7, 11) is 0. The van der Waals surface area contributed by atoms with E-state index in [9.17, 15) is 19.8 Å². The molecule has 1 aliphatic heterocycles. The van der Waals surface area contributed by atoms with Gasteiger partial charge >= 0.3 is 11.6 Å². The van der Waals surface area contributed by atoms with Crippen molar-refractivity contribution in [3.63, 3.8) is 0 Å². The first-order chi connectivity index (χ1) is 21.2. The minimum Gasteiger partial charge on any atom is -0.481 e. The van der Waals surface area contributed by atoms with E-state index in [0.717, 1.165) is 27.6 Å². The number of aliphatic hydroxyl groups is 2. The maximum Gasteiger partial charge on any atom is 0.339 e. The largest absolute Gasteiger partial charge is 0.481 e. The molecule has 9 heteroatoms. The van der Waals surface area contributed by atoms with Gasteiger partial charge in [0, 0.05) is 61.3 Å². The molecule has 0 radical (unpaired) electrons. The van der Waals surface area contributed by atoms with Gasteiger partial charge in [-0.1, -0.05) is 36.4 Å². The average Bonchev–Trinajstić information content (AvgIpc) is 3.38. The van der Waals surface area contributed by atoms with Crippen LogP contribution in [0.15, 0.2) is 81.7 Å². The third-order valence-electron chi connectivity index (χ3n) is 9.04. The van der Waals surface area contributed by atoms with Gasteiger partial charge in [-0.2, -0.15) is 0 Å². The van der Waals surface area contributed by atoms with Crippen molar-refractivity contribution >= 4 is 22.8 Å². The second-order valence-corrected chi connectivity index (χ2v) is 11.8. The van der Waals surface area contributed by atoms with Crippen LogP contribution in [-0.2, 0) is 28.8 Å². The number of fused-ring (bicyclic) bond motifs is 3. The molecule has 2 aromatic heterocycles. The zero-order valence-corrected chi connectivity index (χ0v) is 24.8. The van der Waals surface area contributed by atoms with Crippen molar-refractivity contribution in [2.24, 2.45) is 0 Å². The van der Waals surface area contributed by atoms with Crippen molar-refractivity contribution in [1.29, 1.82) is 0 Å². The summed E-state index contributed by atoms with van der Waals surface area (Å²) in [4.78, 5) is 30.8. The van der Waals surface area contributed by atoms with Crippen molar-refractivity contribution in [3.05, 3.63) is 111 Å². The Morgan fingerprint density at radius 1 is 1.11 bits per heavy atom. The molecule has 2 aliphatic rings. The van der Waals surface area contributed by atoms with Crippen LogP contribution in [0.3, 0.4) is 0 Å². The predicted molar refractivity (Wildman–Crippen MR) is 166 cm³/mol. The predicted octanol–water partition coefficient (Wildman–Crippen LogP) is 4.39. The first-order valence-corrected chi connectivity index (χ1v) is 14.9. The van der Waals surface area contributed by atoms with E-state index in [1.54, 1.807) is 31.3 Å². The quantitative estimate of drug-likeness (QED) is 0.153. The highest BCUT2D eigenvalue weighted by atomic mass is 16.6. The number of allylic oxidation sites excluding steroid dienone is 1. The third kappa shape index (κ3) is 4.96. The van der Waals surface area contributed by atoms with Crippen molar-refractivity contribution in [2.45, 2.75) is 63.1 Å². The van der Waals surface area contributed by atoms with E-state index in [2.05, 4.69) is 11.1 Å². The number of nitrogens with zero attached hydrogens (tertiary/aromatic N) is 1. The first-order valence-electron chi connectivity index (χ1n) is 14.9. The van der Waals surface area contributed by atoms with Crippen molar-refractivity contribution < 1.29 is 28.9 Å². The third-order valence-corrected chi connectivity index (χ3v) is 9.04. The number of esters is 1. The molecule has 1 spiro atoms. The van der Waals surface area contributed by atoms with E-state index < -0.39 is 28.7 Å². The topological polar surface area (TPSA) is 145 Å². The Morgan fingerprint density at radius 3 is 2.66 bits per heavy atom. The second-order valence-electron chi connectivity index (χ2n) is 11.8. The maximum atomic E-state index is 13.6. The lowest BCUT2D eigenvalue weighted by atomic mass is 9.60. The number of rotatable bonds is 8. The van der Waals surface area contributed by atoms with E-state index in [1.165, 1.54) is 0 Å². The van der Waals surface area contributed by atoms with E-state index in [0.29, 0.717) is 54.0 Å². The number of carbonyl (C=O) groups is 1. The summed E-state index contributed by atoms with van der Waals surface area (Å²) in [6.45, 7) is 3.45. The summed E-state index contributed by atoms with van der Waals surface area (Å²) < 4.78 is 19.2. The van der Waals surface area contributed by atoms with Gasteiger partial charge in [0.25, 0.3) is 0 Å². The van der Waals surface area contributed by atoms with Crippen LogP contribution in [0.25, 0.3) is 11.0 Å². The molecular formula is C35H36N2O7. The maximum absolute atomic E-state index is 13.6. The molecule has 3 atom stereocenters. The van der Waals surface area contributed by atoms with Crippen LogP contribution >= 0.6 is 0 Å². The summed E-state index contributed by atoms with van der Waals surface area (Å²) >= 11 is 0. The Balaban J connectivity index is 1.54. The van der Waals surface area contributed by atoms with Crippen LogP contribution in [-0.4, -0.2) is 45.6 Å². The monoisotopic (exact) mass is 596 g/mol. The van der Waals surface area contributed by atoms with Crippen LogP contribution < -0.4 is 16.1 Å². The number of aromatic nitrogens is 1. The lowest BCUT2D eigenvalue weighted by Crippen LogP contribution is -2.65. The van der Waals surface area contributed by atoms with Gasteiger partial charge in [0.15, 0.2) is 11.2 Å². The van der Waals surface area contributed by atoms with Gasteiger partial charge in [-0.15, -0.1) is 0 Å². The smallest absolute Gasteiger partial charge is 0.339 e. The molecule has 0 saturated carbocycles. The highest BCUT2D eigenvalue weighted by Crippen LogP contribution is 2.57. The average molecular weight is 597 g/mol. The first kappa shape index (κ1) is 29.6. The van der Waals surface area contributed by atoms with Crippen LogP contribution in [0.4, 0.5) is 5.82 Å². The molecule has 228 valence electrons. The summed E-state index contributed by atoms with van der Waals surface area (Å²) in [6, 6.07) is 17.2. The van der Waals surface area contributed by atoms with Crippen LogP contribution in [0, 0.1) is 0 Å². The number of anilines is 1. The fourth-order valence-corrected chi connectivity index (χ4v) is 6.85. The lowest BCUT2D eigenvalue weighted by Gasteiger charge is -2.53. The molecular weight excluding hydrogens is 560 g/mol. The van der Waals surface area contributed by atoms with Gasteiger partial charge in [-0.25, -0.2) is 14.6 Å². The van der Waals surface area contributed by atoms with Gasteiger partial charge in [0.05, 0.1) is 5.92 Å². The number of hydrogen-bond acceptors (Lipinski definition) is 9. The number of nitrogens with two attached hydrogens (primary N) is 1. The molecule has 3 heterocycles. The van der Waals surface area contributed by atoms with E-state index in [4.69, 9.17) is 19.6 Å². The van der Waals surface area contributed by atoms with Crippen LogP contribution in [0.1, 0.15) is 60.4 Å². The van der Waals surface area contributed by atoms with Gasteiger partial charge in [-0.3, -0.25) is 0 Å². The van der Waals surface area contributed by atoms with Gasteiger partial charge in [0.2, 0.25) is 0 Å². The molecule has 2 aromatic carbocycles. The zero-order chi connectivity index (χ0) is 31.1. The Kier molecular flexibility index (Phi) is 7.77. The highest BCUT2D eigenvalue weighted by Gasteiger charge is 2.64. The molecule has 1 aliphatic carbocycles. The minimum atomic E-state index is -1.17. The molecule has 0 fully saturated rings. The number of aryl methyl sites for hydroxylation is 1. The summed E-state index contributed by atoms with van der Waals surface area (Å²) in [5, 5.41) is 19.6. The SMILES string of the molecule is C/C=C(\CCO)C(=O)O[C@@]1(C)Cc2ccccc2[C@@H](c2ccc(N)nc2)[C@]12Cc1cc3cc(CCCO)c(=O)oc3cc1O2. The standard InChI is InChI=1S/C35H36N2O7/c1-3-21(12-14-39)33(41)44-34(2)18-23-7-4-5-9-27(23)31(24-10-11-30(36)37-20-24)35(34)19-26-16-25-15-22(8-6-13-38)32(40)42-28(25)17-29(26)43-35/h3-5,7,9-11,15-17,20,31,38-39H,6,8,12-14,18-19H2,1-2H3,(H2,36,37)/b21-3+/t31-,34+,35-/m1/s1. The fourth-order valence-electron chi connectivity index (χ4n) is 6.85. The molecule has 6 rings (SSSR count). The Morgan fingerprint density at radius 2 is 1.93 bits per heavy atom. The number of carbonyl (C=O) groups excluding carboxylic acids is 1. The summed E-state index contributed by atoms with van der Waals surface area (Å²) in [5.74, 6) is 0.00580. The number of aliphatic hydroxyl groups excluding tert-OH is 2. The molecule has 0 unspecified atom stereocenters. The normalized spacial score (nSPS) is 22.5. The lowest BCUT2D eigenvalue weighted by molar-refractivity contribution is -0.184. The fraction of sp³-hybridized carbons (Fsp3) is 0.343. The van der Waals surface area contributed by atoms with Crippen LogP contribution in [0.5, 0.6) is 5.75 Å². The molecule has 4 N–H and O–H groups in total. The Bertz CT molecular complexity index is 1810. The second kappa shape index (κ2) is 11.6. The van der Waals surface area contributed by atoms with Gasteiger partial charge < -0.3 is 29.8 Å². The van der Waals surface area contributed by atoms with Crippen LogP contribution in [0.2, 0.25) is 0 Å². The number of benzene rings is 2. The zero-order valence-electron chi connectivity index (χ0n) is 24.8. The molecule has 44 heavy (non-hydrogen) atoms. The summed E-state index contributed by atoms with van der Waals surface area (Å²) in [5.41, 5.74) is 8.30. The molecule has 9 nitrogen and oxygen atoms in total. The highest BCUT2D eigenvalue weighted by molar-refractivity contribution is 5.89. The number of pyridine rings is 1. The molecule has 0 bridgehead atoms. The Hall–Kier alpha value is -4.47. The number of nitrogen functional groups attached to an aromatic ring is 1. The van der Waals surface area contributed by atoms with Gasteiger partial charge in [0.1, 0.15) is 17.2 Å². The van der Waals surface area contributed by atoms with E-state index in [-0.39, 0.29) is 19.6 Å².